The van der Waals surface area contributed by atoms with Crippen molar-refractivity contribution < 1.29 is 9.59 Å². The van der Waals surface area contributed by atoms with Crippen LogP contribution in [-0.2, 0) is 9.59 Å². The summed E-state index contributed by atoms with van der Waals surface area (Å²) in [7, 11) is 0. The first-order valence-corrected chi connectivity index (χ1v) is 3.62. The number of carbonyl (C=O) groups excluding carboxylic acids is 2. The quantitative estimate of drug-likeness (QED) is 0.567. The lowest BCUT2D eigenvalue weighted by atomic mass is 10.3. The van der Waals surface area contributed by atoms with Crippen molar-refractivity contribution in [3.63, 3.8) is 0 Å². The molecule has 0 radical (unpaired) electrons. The first kappa shape index (κ1) is 12.1. The van der Waals surface area contributed by atoms with E-state index >= 15 is 0 Å². The summed E-state index contributed by atoms with van der Waals surface area (Å²) in [5.41, 5.74) is 0. The van der Waals surface area contributed by atoms with Gasteiger partial charge >= 0.3 is 0 Å². The molecule has 0 aromatic rings. The van der Waals surface area contributed by atoms with Gasteiger partial charge in [0, 0.05) is 12.8 Å². The van der Waals surface area contributed by atoms with Crippen molar-refractivity contribution in [2.45, 2.75) is 40.0 Å². The minimum atomic E-state index is 0.289. The Balaban J connectivity index is 0. The second kappa shape index (κ2) is 11.2. The summed E-state index contributed by atoms with van der Waals surface area (Å²) in [6.45, 7) is 5.43. The average Bonchev–Trinajstić information content (AvgIpc) is 1.89. The molecule has 0 spiro atoms. The van der Waals surface area contributed by atoms with Gasteiger partial charge in [-0.05, 0) is 13.3 Å². The molecule has 0 N–H and O–H groups in total. The summed E-state index contributed by atoms with van der Waals surface area (Å²) in [6, 6.07) is 0. The number of rotatable bonds is 3. The first-order chi connectivity index (χ1) is 4.68. The van der Waals surface area contributed by atoms with E-state index in [4.69, 9.17) is 0 Å². The van der Waals surface area contributed by atoms with Gasteiger partial charge in [-0.2, -0.15) is 0 Å². The molecule has 0 atom stereocenters. The molecule has 0 unspecified atom stereocenters. The van der Waals surface area contributed by atoms with Gasteiger partial charge in [0.1, 0.15) is 12.1 Å². The van der Waals surface area contributed by atoms with Gasteiger partial charge in [-0.15, -0.1) is 0 Å². The molecule has 2 nitrogen and oxygen atoms in total. The zero-order valence-electron chi connectivity index (χ0n) is 7.02. The molecule has 0 aromatic carbocycles. The summed E-state index contributed by atoms with van der Waals surface area (Å²) in [5.74, 6) is 0.289. The Labute approximate surface area is 62.6 Å². The predicted molar refractivity (Wildman–Crippen MR) is 41.9 cm³/mol. The van der Waals surface area contributed by atoms with Crippen LogP contribution in [0, 0.1) is 0 Å². The highest BCUT2D eigenvalue weighted by molar-refractivity contribution is 5.75. The Bertz CT molecular complexity index is 87.3. The minimum Gasteiger partial charge on any atom is -0.303 e. The van der Waals surface area contributed by atoms with Gasteiger partial charge in [-0.1, -0.05) is 13.8 Å². The molecule has 10 heavy (non-hydrogen) atoms. The molecule has 0 aliphatic heterocycles. The fourth-order valence-corrected chi connectivity index (χ4v) is 0.352. The van der Waals surface area contributed by atoms with E-state index in [1.807, 2.05) is 13.8 Å². The molecule has 0 saturated heterocycles. The van der Waals surface area contributed by atoms with Crippen LogP contribution in [0.5, 0.6) is 0 Å². The van der Waals surface area contributed by atoms with E-state index in [2.05, 4.69) is 0 Å². The summed E-state index contributed by atoms with van der Waals surface area (Å²) >= 11 is 0. The average molecular weight is 144 g/mol. The van der Waals surface area contributed by atoms with E-state index in [-0.39, 0.29) is 5.78 Å². The molecule has 0 fully saturated rings. The Kier molecular flexibility index (Phi) is 13.5. The van der Waals surface area contributed by atoms with Crippen molar-refractivity contribution >= 4 is 12.1 Å². The highest BCUT2D eigenvalue weighted by Crippen LogP contribution is 1.84. The van der Waals surface area contributed by atoms with Gasteiger partial charge in [0.05, 0.1) is 0 Å². The van der Waals surface area contributed by atoms with Gasteiger partial charge in [0.25, 0.3) is 0 Å². The van der Waals surface area contributed by atoms with Crippen LogP contribution in [0.1, 0.15) is 40.0 Å². The van der Waals surface area contributed by atoms with Gasteiger partial charge < -0.3 is 9.59 Å². The number of hydrogen-bond acceptors (Lipinski definition) is 2. The Hall–Kier alpha value is -0.660. The molecule has 0 amide bonds. The fourth-order valence-electron chi connectivity index (χ4n) is 0.352. The molecule has 0 rings (SSSR count). The third-order valence-corrected chi connectivity index (χ3v) is 0.769. The maximum Gasteiger partial charge on any atom is 0.129 e. The van der Waals surface area contributed by atoms with Crippen molar-refractivity contribution in [3.05, 3.63) is 0 Å². The monoisotopic (exact) mass is 144 g/mol. The van der Waals surface area contributed by atoms with E-state index in [0.717, 1.165) is 19.1 Å². The number of hydrogen-bond donors (Lipinski definition) is 0. The first-order valence-electron chi connectivity index (χ1n) is 3.62. The highest BCUT2D eigenvalue weighted by Gasteiger charge is 1.83. The lowest BCUT2D eigenvalue weighted by Crippen LogP contribution is -1.84. The molecule has 0 heterocycles. The number of carbonyl (C=O) groups is 2. The van der Waals surface area contributed by atoms with E-state index < -0.39 is 0 Å². The van der Waals surface area contributed by atoms with Crippen molar-refractivity contribution in [2.75, 3.05) is 0 Å². The summed E-state index contributed by atoms with van der Waals surface area (Å²) in [5, 5.41) is 0. The van der Waals surface area contributed by atoms with E-state index in [0.29, 0.717) is 6.42 Å². The van der Waals surface area contributed by atoms with Crippen LogP contribution >= 0.6 is 0 Å². The molecule has 0 aliphatic rings. The third-order valence-electron chi connectivity index (χ3n) is 0.769. The second-order valence-corrected chi connectivity index (χ2v) is 2.03. The van der Waals surface area contributed by atoms with Crippen molar-refractivity contribution in [2.24, 2.45) is 0 Å². The van der Waals surface area contributed by atoms with Gasteiger partial charge in [-0.25, -0.2) is 0 Å². The summed E-state index contributed by atoms with van der Waals surface area (Å²) in [4.78, 5) is 19.2. The zero-order valence-corrected chi connectivity index (χ0v) is 7.02. The van der Waals surface area contributed by atoms with E-state index in [1.165, 1.54) is 0 Å². The maximum atomic E-state index is 10.0. The molecule has 0 bridgehead atoms. The van der Waals surface area contributed by atoms with Gasteiger partial charge in [0.2, 0.25) is 0 Å². The SMILES string of the molecule is CCC=O.CCCC(C)=O. The van der Waals surface area contributed by atoms with Crippen molar-refractivity contribution in [3.8, 4) is 0 Å². The maximum absolute atomic E-state index is 10.0. The van der Waals surface area contributed by atoms with Gasteiger partial charge in [0.15, 0.2) is 0 Å². The molecule has 0 aromatic heterocycles. The lowest BCUT2D eigenvalue weighted by Gasteiger charge is -1.80. The standard InChI is InChI=1S/C5H10O.C3H6O/c1-3-4-5(2)6;1-2-3-4/h3-4H2,1-2H3;3H,2H2,1H3. The number of Topliss-reactive ketones (excluding diaryl/α,β-unsaturated/α-hetero) is 1. The highest BCUT2D eigenvalue weighted by atomic mass is 16.1. The second-order valence-electron chi connectivity index (χ2n) is 2.03. The minimum absolute atomic E-state index is 0.289. The molecule has 2 heteroatoms. The lowest BCUT2D eigenvalue weighted by molar-refractivity contribution is -0.117. The molecule has 0 aliphatic carbocycles. The summed E-state index contributed by atoms with van der Waals surface area (Å²) in [6.07, 6.45) is 3.23. The van der Waals surface area contributed by atoms with Crippen LogP contribution in [0.25, 0.3) is 0 Å². The largest absolute Gasteiger partial charge is 0.303 e. The van der Waals surface area contributed by atoms with Crippen LogP contribution in [0.3, 0.4) is 0 Å². The number of ketones is 1. The Morgan fingerprint density at radius 2 is 1.80 bits per heavy atom. The van der Waals surface area contributed by atoms with Crippen molar-refractivity contribution in [1.82, 2.24) is 0 Å². The van der Waals surface area contributed by atoms with Crippen LogP contribution < -0.4 is 0 Å². The van der Waals surface area contributed by atoms with Crippen LogP contribution in [0.4, 0.5) is 0 Å². The van der Waals surface area contributed by atoms with E-state index in [1.54, 1.807) is 6.92 Å². The van der Waals surface area contributed by atoms with Crippen LogP contribution in [-0.4, -0.2) is 12.1 Å². The predicted octanol–water partition coefficient (Wildman–Crippen LogP) is 1.97. The molecular weight excluding hydrogens is 128 g/mol. The van der Waals surface area contributed by atoms with Crippen LogP contribution in [0.15, 0.2) is 0 Å². The summed E-state index contributed by atoms with van der Waals surface area (Å²) < 4.78 is 0. The Morgan fingerprint density at radius 3 is 1.80 bits per heavy atom. The zero-order chi connectivity index (χ0) is 8.41. The van der Waals surface area contributed by atoms with Crippen LogP contribution in [0.2, 0.25) is 0 Å². The molecule has 60 valence electrons. The fraction of sp³-hybridized carbons (Fsp3) is 0.750. The number of aldehydes is 1. The third kappa shape index (κ3) is 26.4. The Morgan fingerprint density at radius 1 is 1.40 bits per heavy atom. The smallest absolute Gasteiger partial charge is 0.129 e. The topological polar surface area (TPSA) is 34.1 Å². The molecular formula is C8H16O2. The molecule has 0 saturated carbocycles. The van der Waals surface area contributed by atoms with Gasteiger partial charge in [-0.3, -0.25) is 0 Å². The van der Waals surface area contributed by atoms with Crippen molar-refractivity contribution in [1.29, 1.82) is 0 Å². The normalized spacial score (nSPS) is 7.50. The van der Waals surface area contributed by atoms with E-state index in [9.17, 15) is 9.59 Å².